The molecule has 0 amide bonds. The van der Waals surface area contributed by atoms with E-state index in [9.17, 15) is 9.59 Å². The summed E-state index contributed by atoms with van der Waals surface area (Å²) in [5, 5.41) is 0. The Labute approximate surface area is 128 Å². The molecular weight excluding hydrogens is 296 g/mol. The van der Waals surface area contributed by atoms with Crippen molar-refractivity contribution in [3.05, 3.63) is 0 Å². The van der Waals surface area contributed by atoms with Gasteiger partial charge >= 0.3 is 11.9 Å². The van der Waals surface area contributed by atoms with E-state index in [0.717, 1.165) is 0 Å². The third-order valence-electron chi connectivity index (χ3n) is 3.25. The molecule has 0 bridgehead atoms. The Hall–Kier alpha value is -1.22. The molecule has 2 atom stereocenters. The second kappa shape index (κ2) is 9.73. The van der Waals surface area contributed by atoms with E-state index < -0.39 is 0 Å². The second-order valence-corrected chi connectivity index (χ2v) is 5.13. The van der Waals surface area contributed by atoms with Gasteiger partial charge in [0, 0.05) is 12.8 Å². The zero-order valence-electron chi connectivity index (χ0n) is 12.5. The van der Waals surface area contributed by atoms with Gasteiger partial charge in [-0.15, -0.1) is 0 Å². The third-order valence-corrected chi connectivity index (χ3v) is 3.25. The van der Waals surface area contributed by atoms with Crippen LogP contribution in [0.5, 0.6) is 0 Å². The molecule has 0 aromatic heterocycles. The van der Waals surface area contributed by atoms with Crippen molar-refractivity contribution in [3.8, 4) is 0 Å². The quantitative estimate of drug-likeness (QED) is 0.445. The molecule has 22 heavy (non-hydrogen) atoms. The highest BCUT2D eigenvalue weighted by Crippen LogP contribution is 2.08. The highest BCUT2D eigenvalue weighted by Gasteiger charge is 2.19. The standard InChI is InChI=1S/C14H22O8/c15-13(19-7-11-5-17-9-21-11)3-1-2-4-14(16)20-8-12-6-18-10-22-12/h11-12H,1-10H2/t11-,12+. The predicted molar refractivity (Wildman–Crippen MR) is 71.8 cm³/mol. The Morgan fingerprint density at radius 1 is 0.818 bits per heavy atom. The molecule has 0 N–H and O–H groups in total. The maximum absolute atomic E-state index is 11.5. The van der Waals surface area contributed by atoms with Crippen LogP contribution in [0.2, 0.25) is 0 Å². The predicted octanol–water partition coefficient (Wildman–Crippen LogP) is 0.379. The zero-order chi connectivity index (χ0) is 15.6. The summed E-state index contributed by atoms with van der Waals surface area (Å²) in [4.78, 5) is 23.0. The SMILES string of the molecule is O=C(CCCCC(=O)OC[C@@H]1COCO1)OC[C@H]1COCO1. The van der Waals surface area contributed by atoms with Gasteiger partial charge < -0.3 is 28.4 Å². The number of carbonyl (C=O) groups is 2. The van der Waals surface area contributed by atoms with Crippen LogP contribution < -0.4 is 0 Å². The largest absolute Gasteiger partial charge is 0.463 e. The first kappa shape index (κ1) is 17.1. The Morgan fingerprint density at radius 3 is 1.64 bits per heavy atom. The van der Waals surface area contributed by atoms with Crippen molar-refractivity contribution < 1.29 is 38.0 Å². The van der Waals surface area contributed by atoms with E-state index in [1.165, 1.54) is 0 Å². The minimum atomic E-state index is -0.291. The molecule has 0 saturated carbocycles. The van der Waals surface area contributed by atoms with E-state index in [-0.39, 0.29) is 63.8 Å². The lowest BCUT2D eigenvalue weighted by molar-refractivity contribution is -0.148. The van der Waals surface area contributed by atoms with Gasteiger partial charge in [0.05, 0.1) is 13.2 Å². The van der Waals surface area contributed by atoms with Crippen molar-refractivity contribution in [3.63, 3.8) is 0 Å². The first-order valence-corrected chi connectivity index (χ1v) is 7.44. The minimum Gasteiger partial charge on any atom is -0.463 e. The van der Waals surface area contributed by atoms with Gasteiger partial charge in [0.25, 0.3) is 0 Å². The minimum absolute atomic E-state index is 0.166. The lowest BCUT2D eigenvalue weighted by atomic mass is 10.2. The van der Waals surface area contributed by atoms with Crippen LogP contribution in [0, 0.1) is 0 Å². The molecule has 2 rings (SSSR count). The van der Waals surface area contributed by atoms with E-state index in [0.29, 0.717) is 26.1 Å². The molecule has 0 spiro atoms. The molecule has 2 fully saturated rings. The average Bonchev–Trinajstić information content (AvgIpc) is 3.20. The lowest BCUT2D eigenvalue weighted by Gasteiger charge is -2.09. The van der Waals surface area contributed by atoms with Crippen LogP contribution in [0.1, 0.15) is 25.7 Å². The number of carbonyl (C=O) groups excluding carboxylic acids is 2. The Bertz CT molecular complexity index is 313. The van der Waals surface area contributed by atoms with Crippen LogP contribution in [0.15, 0.2) is 0 Å². The highest BCUT2D eigenvalue weighted by molar-refractivity contribution is 5.70. The van der Waals surface area contributed by atoms with E-state index >= 15 is 0 Å². The number of rotatable bonds is 9. The summed E-state index contributed by atoms with van der Waals surface area (Å²) in [7, 11) is 0. The van der Waals surface area contributed by atoms with Crippen molar-refractivity contribution >= 4 is 11.9 Å². The summed E-state index contributed by atoms with van der Waals surface area (Å²) in [6, 6.07) is 0. The smallest absolute Gasteiger partial charge is 0.305 e. The van der Waals surface area contributed by atoms with Crippen molar-refractivity contribution in [1.82, 2.24) is 0 Å². The van der Waals surface area contributed by atoms with Gasteiger partial charge in [-0.25, -0.2) is 0 Å². The number of hydrogen-bond acceptors (Lipinski definition) is 8. The molecule has 8 nitrogen and oxygen atoms in total. The fraction of sp³-hybridized carbons (Fsp3) is 0.857. The number of esters is 2. The maximum atomic E-state index is 11.5. The van der Waals surface area contributed by atoms with Gasteiger partial charge in [0.1, 0.15) is 39.0 Å². The monoisotopic (exact) mass is 318 g/mol. The van der Waals surface area contributed by atoms with Gasteiger partial charge in [-0.1, -0.05) is 0 Å². The van der Waals surface area contributed by atoms with Crippen LogP contribution in [0.4, 0.5) is 0 Å². The summed E-state index contributed by atoms with van der Waals surface area (Å²) >= 11 is 0. The molecule has 0 aromatic rings. The topological polar surface area (TPSA) is 89.5 Å². The van der Waals surface area contributed by atoms with Crippen LogP contribution in [0.3, 0.4) is 0 Å². The Kier molecular flexibility index (Phi) is 7.58. The van der Waals surface area contributed by atoms with Gasteiger partial charge in [0.2, 0.25) is 0 Å². The van der Waals surface area contributed by atoms with Crippen molar-refractivity contribution in [2.24, 2.45) is 0 Å². The maximum Gasteiger partial charge on any atom is 0.305 e. The van der Waals surface area contributed by atoms with Crippen molar-refractivity contribution in [2.75, 3.05) is 40.0 Å². The molecule has 0 radical (unpaired) electrons. The second-order valence-electron chi connectivity index (χ2n) is 5.13. The zero-order valence-corrected chi connectivity index (χ0v) is 12.5. The van der Waals surface area contributed by atoms with E-state index in [2.05, 4.69) is 0 Å². The first-order chi connectivity index (χ1) is 10.7. The lowest BCUT2D eigenvalue weighted by Crippen LogP contribution is -2.21. The molecule has 2 heterocycles. The Morgan fingerprint density at radius 2 is 1.27 bits per heavy atom. The van der Waals surface area contributed by atoms with Gasteiger partial charge in [-0.3, -0.25) is 9.59 Å². The highest BCUT2D eigenvalue weighted by atomic mass is 16.7. The normalized spacial score (nSPS) is 24.4. The van der Waals surface area contributed by atoms with Gasteiger partial charge in [-0.2, -0.15) is 0 Å². The van der Waals surface area contributed by atoms with Crippen molar-refractivity contribution in [1.29, 1.82) is 0 Å². The van der Waals surface area contributed by atoms with Gasteiger partial charge in [0.15, 0.2) is 0 Å². The van der Waals surface area contributed by atoms with Crippen LogP contribution >= 0.6 is 0 Å². The summed E-state index contributed by atoms with van der Waals surface area (Å²) in [6.07, 6.45) is 1.39. The van der Waals surface area contributed by atoms with Crippen LogP contribution in [-0.2, 0) is 38.0 Å². The van der Waals surface area contributed by atoms with E-state index in [4.69, 9.17) is 28.4 Å². The van der Waals surface area contributed by atoms with Gasteiger partial charge in [-0.05, 0) is 12.8 Å². The molecular formula is C14H22O8. The number of unbranched alkanes of at least 4 members (excludes halogenated alkanes) is 1. The molecule has 126 valence electrons. The summed E-state index contributed by atoms with van der Waals surface area (Å²) in [5.74, 6) is -0.583. The van der Waals surface area contributed by atoms with Crippen LogP contribution in [-0.4, -0.2) is 64.2 Å². The molecule has 0 aromatic carbocycles. The molecule has 2 aliphatic heterocycles. The molecule has 0 aliphatic carbocycles. The van der Waals surface area contributed by atoms with E-state index in [1.54, 1.807) is 0 Å². The molecule has 0 unspecified atom stereocenters. The number of hydrogen-bond donors (Lipinski definition) is 0. The molecule has 2 saturated heterocycles. The fourth-order valence-electron chi connectivity index (χ4n) is 1.99. The average molecular weight is 318 g/mol. The Balaban J connectivity index is 1.42. The summed E-state index contributed by atoms with van der Waals surface area (Å²) < 4.78 is 30.4. The third kappa shape index (κ3) is 6.69. The van der Waals surface area contributed by atoms with Crippen LogP contribution in [0.25, 0.3) is 0 Å². The van der Waals surface area contributed by atoms with Crippen molar-refractivity contribution in [2.45, 2.75) is 37.9 Å². The first-order valence-electron chi connectivity index (χ1n) is 7.44. The van der Waals surface area contributed by atoms with E-state index in [1.807, 2.05) is 0 Å². The fourth-order valence-corrected chi connectivity index (χ4v) is 1.99. The number of ether oxygens (including phenoxy) is 6. The molecule has 2 aliphatic rings. The summed E-state index contributed by atoms with van der Waals surface area (Å²) in [6.45, 7) is 1.84. The molecule has 8 heteroatoms. The summed E-state index contributed by atoms with van der Waals surface area (Å²) in [5.41, 5.74) is 0.